The minimum absolute atomic E-state index is 0.118. The molecule has 0 aliphatic rings. The maximum absolute atomic E-state index is 12.3. The van der Waals surface area contributed by atoms with Crippen LogP contribution in [0.25, 0.3) is 0 Å². The van der Waals surface area contributed by atoms with Gasteiger partial charge in [-0.05, 0) is 18.1 Å². The number of ether oxygens (including phenoxy) is 1. The lowest BCUT2D eigenvalue weighted by molar-refractivity contribution is 0.0601. The van der Waals surface area contributed by atoms with Crippen molar-refractivity contribution in [2.45, 2.75) is 25.5 Å². The fraction of sp³-hybridized carbons (Fsp3) is 0.500. The Balaban J connectivity index is 3.08. The molecule has 0 aliphatic carbocycles. The highest BCUT2D eigenvalue weighted by Gasteiger charge is 2.23. The number of rotatable bonds is 7. The number of sulfonamides is 1. The summed E-state index contributed by atoms with van der Waals surface area (Å²) in [6.07, 6.45) is 1.70. The molecule has 0 aromatic heterocycles. The van der Waals surface area contributed by atoms with Crippen LogP contribution in [0.4, 0.5) is 5.69 Å². The third kappa shape index (κ3) is 4.44. The Hall–Kier alpha value is -1.60. The molecular formula is C14H22N2O4S. The molecule has 0 bridgehead atoms. The number of carbonyl (C=O) groups excluding carboxylic acids is 1. The molecule has 0 saturated heterocycles. The fourth-order valence-corrected chi connectivity index (χ4v) is 3.18. The minimum atomic E-state index is -3.50. The quantitative estimate of drug-likeness (QED) is 0.610. The van der Waals surface area contributed by atoms with E-state index in [1.54, 1.807) is 18.2 Å². The molecule has 0 amide bonds. The number of nitrogen functional groups attached to an aromatic ring is 1. The van der Waals surface area contributed by atoms with Crippen molar-refractivity contribution in [2.24, 2.45) is 0 Å². The number of hydrogen-bond donors (Lipinski definition) is 1. The van der Waals surface area contributed by atoms with Gasteiger partial charge >= 0.3 is 5.97 Å². The van der Waals surface area contributed by atoms with Crippen molar-refractivity contribution >= 4 is 21.7 Å². The van der Waals surface area contributed by atoms with Crippen LogP contribution in [-0.2, 0) is 20.5 Å². The predicted molar refractivity (Wildman–Crippen MR) is 82.4 cm³/mol. The van der Waals surface area contributed by atoms with E-state index in [0.717, 1.165) is 12.8 Å². The lowest BCUT2D eigenvalue weighted by Gasteiger charge is -2.18. The average molecular weight is 314 g/mol. The zero-order chi connectivity index (χ0) is 16.0. The summed E-state index contributed by atoms with van der Waals surface area (Å²) >= 11 is 0. The Labute approximate surface area is 125 Å². The molecule has 1 aromatic carbocycles. The zero-order valence-corrected chi connectivity index (χ0v) is 13.4. The van der Waals surface area contributed by atoms with Gasteiger partial charge in [-0.2, -0.15) is 0 Å². The number of esters is 1. The van der Waals surface area contributed by atoms with Crippen molar-refractivity contribution in [3.05, 3.63) is 29.3 Å². The molecule has 0 atom stereocenters. The Bertz CT molecular complexity index is 599. The van der Waals surface area contributed by atoms with E-state index in [9.17, 15) is 13.2 Å². The van der Waals surface area contributed by atoms with Crippen molar-refractivity contribution in [3.63, 3.8) is 0 Å². The van der Waals surface area contributed by atoms with Crippen molar-refractivity contribution < 1.29 is 17.9 Å². The molecular weight excluding hydrogens is 292 g/mol. The van der Waals surface area contributed by atoms with Gasteiger partial charge in [0.15, 0.2) is 0 Å². The first-order valence-electron chi connectivity index (χ1n) is 6.73. The van der Waals surface area contributed by atoms with Gasteiger partial charge in [-0.25, -0.2) is 17.5 Å². The molecule has 0 radical (unpaired) electrons. The second-order valence-corrected chi connectivity index (χ2v) is 6.88. The van der Waals surface area contributed by atoms with Crippen LogP contribution in [0.2, 0.25) is 0 Å². The van der Waals surface area contributed by atoms with E-state index in [1.807, 2.05) is 6.92 Å². The van der Waals surface area contributed by atoms with Crippen LogP contribution in [-0.4, -0.2) is 39.4 Å². The van der Waals surface area contributed by atoms with Gasteiger partial charge in [0.05, 0.1) is 18.4 Å². The second-order valence-electron chi connectivity index (χ2n) is 4.80. The Kier molecular flexibility index (Phi) is 6.17. The fourth-order valence-electron chi connectivity index (χ4n) is 1.92. The zero-order valence-electron chi connectivity index (χ0n) is 12.6. The molecule has 6 nitrogen and oxygen atoms in total. The van der Waals surface area contributed by atoms with Gasteiger partial charge in [0, 0.05) is 19.3 Å². The molecule has 0 saturated carbocycles. The van der Waals surface area contributed by atoms with Gasteiger partial charge in [-0.15, -0.1) is 0 Å². The molecule has 0 spiro atoms. The van der Waals surface area contributed by atoms with Crippen molar-refractivity contribution in [1.82, 2.24) is 4.31 Å². The third-order valence-corrected chi connectivity index (χ3v) is 5.02. The van der Waals surface area contributed by atoms with E-state index in [0.29, 0.717) is 12.1 Å². The SMILES string of the molecule is CCCCN(C)S(=O)(=O)Cc1cccc(N)c1C(=O)OC. The minimum Gasteiger partial charge on any atom is -0.465 e. The van der Waals surface area contributed by atoms with Crippen LogP contribution >= 0.6 is 0 Å². The number of benzene rings is 1. The highest BCUT2D eigenvalue weighted by atomic mass is 32.2. The monoisotopic (exact) mass is 314 g/mol. The number of carbonyl (C=O) groups is 1. The lowest BCUT2D eigenvalue weighted by Crippen LogP contribution is -2.29. The van der Waals surface area contributed by atoms with Crippen LogP contribution in [0.15, 0.2) is 18.2 Å². The number of anilines is 1. The van der Waals surface area contributed by atoms with Crippen molar-refractivity contribution in [1.29, 1.82) is 0 Å². The average Bonchev–Trinajstić information content (AvgIpc) is 2.43. The van der Waals surface area contributed by atoms with E-state index >= 15 is 0 Å². The van der Waals surface area contributed by atoms with Gasteiger partial charge in [0.1, 0.15) is 0 Å². The first-order chi connectivity index (χ1) is 9.83. The van der Waals surface area contributed by atoms with E-state index in [4.69, 9.17) is 5.73 Å². The van der Waals surface area contributed by atoms with Gasteiger partial charge in [-0.1, -0.05) is 25.5 Å². The molecule has 21 heavy (non-hydrogen) atoms. The molecule has 1 aromatic rings. The molecule has 0 heterocycles. The molecule has 0 unspecified atom stereocenters. The van der Waals surface area contributed by atoms with Gasteiger partial charge in [0.2, 0.25) is 10.0 Å². The largest absolute Gasteiger partial charge is 0.465 e. The molecule has 2 N–H and O–H groups in total. The molecule has 0 aliphatic heterocycles. The topological polar surface area (TPSA) is 89.7 Å². The summed E-state index contributed by atoms with van der Waals surface area (Å²) in [6.45, 7) is 2.45. The normalized spacial score (nSPS) is 11.6. The first-order valence-corrected chi connectivity index (χ1v) is 8.34. The third-order valence-electron chi connectivity index (χ3n) is 3.21. The van der Waals surface area contributed by atoms with Crippen LogP contribution in [0, 0.1) is 0 Å². The first kappa shape index (κ1) is 17.5. The van der Waals surface area contributed by atoms with E-state index in [2.05, 4.69) is 4.74 Å². The Morgan fingerprint density at radius 2 is 2.05 bits per heavy atom. The van der Waals surface area contributed by atoms with E-state index < -0.39 is 16.0 Å². The Morgan fingerprint density at radius 1 is 1.38 bits per heavy atom. The predicted octanol–water partition coefficient (Wildman–Crippen LogP) is 1.62. The number of hydrogen-bond acceptors (Lipinski definition) is 5. The number of nitrogens with zero attached hydrogens (tertiary/aromatic N) is 1. The summed E-state index contributed by atoms with van der Waals surface area (Å²) in [4.78, 5) is 11.8. The summed E-state index contributed by atoms with van der Waals surface area (Å²) in [5.74, 6) is -0.905. The number of unbranched alkanes of at least 4 members (excludes halogenated alkanes) is 1. The maximum Gasteiger partial charge on any atom is 0.340 e. The molecule has 7 heteroatoms. The van der Waals surface area contributed by atoms with E-state index in [-0.39, 0.29) is 17.0 Å². The van der Waals surface area contributed by atoms with Gasteiger partial charge < -0.3 is 10.5 Å². The van der Waals surface area contributed by atoms with Crippen LogP contribution in [0.3, 0.4) is 0 Å². The van der Waals surface area contributed by atoms with Gasteiger partial charge in [-0.3, -0.25) is 0 Å². The summed E-state index contributed by atoms with van der Waals surface area (Å²) in [5.41, 5.74) is 6.45. The maximum atomic E-state index is 12.3. The van der Waals surface area contributed by atoms with Crippen molar-refractivity contribution in [2.75, 3.05) is 26.4 Å². The summed E-state index contributed by atoms with van der Waals surface area (Å²) in [6, 6.07) is 4.75. The highest BCUT2D eigenvalue weighted by Crippen LogP contribution is 2.21. The Morgan fingerprint density at radius 3 is 2.62 bits per heavy atom. The highest BCUT2D eigenvalue weighted by molar-refractivity contribution is 7.88. The molecule has 0 fully saturated rings. The lowest BCUT2D eigenvalue weighted by atomic mass is 10.1. The van der Waals surface area contributed by atoms with E-state index in [1.165, 1.54) is 18.5 Å². The second kappa shape index (κ2) is 7.42. The number of nitrogens with two attached hydrogens (primary N) is 1. The standard InChI is InChI=1S/C14H22N2O4S/c1-4-5-9-16(2)21(18,19)10-11-7-6-8-12(15)13(11)14(17)20-3/h6-8H,4-5,9-10,15H2,1-3H3. The molecule has 1 rings (SSSR count). The van der Waals surface area contributed by atoms with Crippen LogP contribution in [0.5, 0.6) is 0 Å². The summed E-state index contributed by atoms with van der Waals surface area (Å²) < 4.78 is 30.6. The van der Waals surface area contributed by atoms with Crippen LogP contribution < -0.4 is 5.73 Å². The summed E-state index contributed by atoms with van der Waals surface area (Å²) in [7, 11) is -0.723. The number of methoxy groups -OCH3 is 1. The summed E-state index contributed by atoms with van der Waals surface area (Å²) in [5, 5.41) is 0. The molecule has 118 valence electrons. The van der Waals surface area contributed by atoms with Crippen molar-refractivity contribution in [3.8, 4) is 0 Å². The smallest absolute Gasteiger partial charge is 0.340 e. The van der Waals surface area contributed by atoms with Crippen LogP contribution in [0.1, 0.15) is 35.7 Å². The van der Waals surface area contributed by atoms with Gasteiger partial charge in [0.25, 0.3) is 0 Å².